The molecule has 28 heavy (non-hydrogen) atoms. The van der Waals surface area contributed by atoms with Gasteiger partial charge in [0, 0.05) is 17.8 Å². The van der Waals surface area contributed by atoms with Crippen molar-refractivity contribution in [3.8, 4) is 0 Å². The van der Waals surface area contributed by atoms with Crippen LogP contribution in [0.1, 0.15) is 53.9 Å². The van der Waals surface area contributed by atoms with E-state index in [0.29, 0.717) is 11.2 Å². The molecule has 1 unspecified atom stereocenters. The van der Waals surface area contributed by atoms with Crippen molar-refractivity contribution < 1.29 is 4.79 Å². The maximum Gasteiger partial charge on any atom is 0.272 e. The highest BCUT2D eigenvalue weighted by Crippen LogP contribution is 2.33. The van der Waals surface area contributed by atoms with Crippen molar-refractivity contribution in [1.82, 2.24) is 10.2 Å². The van der Waals surface area contributed by atoms with Gasteiger partial charge in [0.1, 0.15) is 5.78 Å². The summed E-state index contributed by atoms with van der Waals surface area (Å²) in [5.74, 6) is 1.31. The summed E-state index contributed by atoms with van der Waals surface area (Å²) in [4.78, 5) is 22.4. The van der Waals surface area contributed by atoms with E-state index < -0.39 is 0 Å². The van der Waals surface area contributed by atoms with Gasteiger partial charge in [-0.2, -0.15) is 5.10 Å². The number of aromatic nitrogens is 2. The van der Waals surface area contributed by atoms with Gasteiger partial charge in [-0.25, -0.2) is 5.10 Å². The Morgan fingerprint density at radius 1 is 1.32 bits per heavy atom. The Balaban J connectivity index is 0.000000289. The Bertz CT molecular complexity index is 881. The van der Waals surface area contributed by atoms with Crippen molar-refractivity contribution in [3.05, 3.63) is 58.4 Å². The molecule has 5 heteroatoms. The highest BCUT2D eigenvalue weighted by Gasteiger charge is 2.26. The predicted octanol–water partition coefficient (Wildman–Crippen LogP) is 5.26. The number of carbonyl (C=O) groups is 1. The molecule has 1 atom stereocenters. The smallest absolute Gasteiger partial charge is 0.272 e. The third-order valence-electron chi connectivity index (χ3n) is 4.68. The van der Waals surface area contributed by atoms with E-state index in [1.165, 1.54) is 5.57 Å². The van der Waals surface area contributed by atoms with E-state index in [1.807, 2.05) is 37.3 Å². The number of benzene rings is 1. The van der Waals surface area contributed by atoms with E-state index in [4.69, 9.17) is 0 Å². The number of aromatic amines is 1. The number of allylic oxidation sites excluding steroid dienone is 4. The van der Waals surface area contributed by atoms with E-state index >= 15 is 0 Å². The Kier molecular flexibility index (Phi) is 9.93. The molecule has 2 N–H and O–H groups in total. The topological polar surface area (TPSA) is 74.8 Å². The lowest BCUT2D eigenvalue weighted by molar-refractivity contribution is -0.120. The van der Waals surface area contributed by atoms with Crippen LogP contribution in [-0.2, 0) is 4.79 Å². The minimum Gasteiger partial charge on any atom is -0.368 e. The molecule has 0 aliphatic heterocycles. The lowest BCUT2D eigenvalue weighted by Crippen LogP contribution is -2.22. The summed E-state index contributed by atoms with van der Waals surface area (Å²) in [6, 6.07) is 7.48. The molecule has 1 aliphatic rings. The molecular formula is C23H33N3O2. The van der Waals surface area contributed by atoms with Crippen LogP contribution in [0.4, 0.5) is 5.82 Å². The second-order valence-electron chi connectivity index (χ2n) is 6.70. The first kappa shape index (κ1) is 23.3. The number of nitrogens with zero attached hydrogens (tertiary/aromatic N) is 1. The average molecular weight is 384 g/mol. The van der Waals surface area contributed by atoms with E-state index in [9.17, 15) is 9.59 Å². The lowest BCUT2D eigenvalue weighted by atomic mass is 9.77. The monoisotopic (exact) mass is 383 g/mol. The molecule has 0 bridgehead atoms. The van der Waals surface area contributed by atoms with Gasteiger partial charge in [0.05, 0.1) is 5.39 Å². The molecule has 1 aromatic heterocycles. The highest BCUT2D eigenvalue weighted by molar-refractivity contribution is 5.90. The largest absolute Gasteiger partial charge is 0.368 e. The first-order valence-corrected chi connectivity index (χ1v) is 9.62. The second-order valence-corrected chi connectivity index (χ2v) is 6.70. The zero-order valence-electron chi connectivity index (χ0n) is 16.4. The molecule has 5 nitrogen and oxygen atoms in total. The Labute approximate surface area is 167 Å². The molecule has 0 saturated heterocycles. The van der Waals surface area contributed by atoms with E-state index in [-0.39, 0.29) is 18.9 Å². The number of Topliss-reactive ketones (excluding diaryl/α,β-unsaturated/α-hetero) is 1. The fourth-order valence-electron chi connectivity index (χ4n) is 2.97. The summed E-state index contributed by atoms with van der Waals surface area (Å²) in [5.41, 5.74) is 1.16. The summed E-state index contributed by atoms with van der Waals surface area (Å²) in [7, 11) is 0. The molecule has 1 saturated carbocycles. The number of hydrogen-bond donors (Lipinski definition) is 2. The molecule has 1 aromatic carbocycles. The molecule has 0 radical (unpaired) electrons. The molecule has 1 fully saturated rings. The van der Waals surface area contributed by atoms with Crippen molar-refractivity contribution in [2.75, 3.05) is 11.9 Å². The van der Waals surface area contributed by atoms with Gasteiger partial charge in [-0.3, -0.25) is 9.59 Å². The number of rotatable bonds is 6. The zero-order valence-corrected chi connectivity index (χ0v) is 16.4. The zero-order chi connectivity index (χ0) is 19.6. The quantitative estimate of drug-likeness (QED) is 0.667. The number of hydrogen-bond acceptors (Lipinski definition) is 4. The van der Waals surface area contributed by atoms with Crippen LogP contribution in [0.15, 0.2) is 52.9 Å². The second kappa shape index (κ2) is 11.9. The molecule has 1 heterocycles. The Morgan fingerprint density at radius 3 is 2.61 bits per heavy atom. The number of ketones is 1. The number of anilines is 1. The van der Waals surface area contributed by atoms with E-state index in [1.54, 1.807) is 13.0 Å². The van der Waals surface area contributed by atoms with Crippen molar-refractivity contribution in [2.45, 2.75) is 53.9 Å². The van der Waals surface area contributed by atoms with Crippen LogP contribution in [0.5, 0.6) is 0 Å². The van der Waals surface area contributed by atoms with Gasteiger partial charge in [0.15, 0.2) is 5.82 Å². The Hall–Kier alpha value is -2.69. The number of carbonyl (C=O) groups excluding carboxylic acids is 1. The molecule has 3 rings (SSSR count). The fourth-order valence-corrected chi connectivity index (χ4v) is 2.97. The lowest BCUT2D eigenvalue weighted by Gasteiger charge is -2.27. The molecule has 0 amide bonds. The molecule has 152 valence electrons. The minimum atomic E-state index is -0.142. The summed E-state index contributed by atoms with van der Waals surface area (Å²) in [5, 5.41) is 11.3. The van der Waals surface area contributed by atoms with Gasteiger partial charge in [-0.1, -0.05) is 62.8 Å². The van der Waals surface area contributed by atoms with Crippen molar-refractivity contribution in [2.24, 2.45) is 5.92 Å². The maximum atomic E-state index is 11.5. The molecular weight excluding hydrogens is 350 g/mol. The number of nitrogens with one attached hydrogen (secondary N) is 2. The molecule has 1 aliphatic carbocycles. The van der Waals surface area contributed by atoms with Gasteiger partial charge < -0.3 is 5.32 Å². The SMILES string of the molecule is C.C/C=C\C=C1/CCC1C(C)=O.CCCCNc1n[nH]c(=O)c2ccccc12. The summed E-state index contributed by atoms with van der Waals surface area (Å²) in [6.45, 7) is 6.67. The summed E-state index contributed by atoms with van der Waals surface area (Å²) in [6.07, 6.45) is 10.4. The van der Waals surface area contributed by atoms with Crippen LogP contribution in [0, 0.1) is 5.92 Å². The third-order valence-corrected chi connectivity index (χ3v) is 4.68. The standard InChI is InChI=1S/C12H15N3O.C10H14O.CH4/c1-2-3-8-13-11-9-6-4-5-7-10(9)12(16)15-14-11;1-3-4-5-9-6-7-10(9)8(2)11;/h4-7H,2-3,8H2,1H3,(H,13,14)(H,15,16);3-5,10H,6-7H2,1-2H3;1H4/b;4-3-,9-5+;. The van der Waals surface area contributed by atoms with Gasteiger partial charge in [0.25, 0.3) is 5.56 Å². The van der Waals surface area contributed by atoms with E-state index in [2.05, 4.69) is 28.5 Å². The third kappa shape index (κ3) is 6.19. The molecule has 0 spiro atoms. The van der Waals surface area contributed by atoms with Gasteiger partial charge >= 0.3 is 0 Å². The predicted molar refractivity (Wildman–Crippen MR) is 119 cm³/mol. The van der Waals surface area contributed by atoms with Gasteiger partial charge in [-0.05, 0) is 39.2 Å². The molecule has 2 aromatic rings. The summed E-state index contributed by atoms with van der Waals surface area (Å²) < 4.78 is 0. The first-order chi connectivity index (χ1) is 13.1. The van der Waals surface area contributed by atoms with Crippen LogP contribution in [0.2, 0.25) is 0 Å². The fraction of sp³-hybridized carbons (Fsp3) is 0.435. The van der Waals surface area contributed by atoms with Crippen molar-refractivity contribution in [3.63, 3.8) is 0 Å². The normalized spacial score (nSPS) is 16.8. The number of unbranched alkanes of at least 4 members (excludes halogenated alkanes) is 1. The Morgan fingerprint density at radius 2 is 2.04 bits per heavy atom. The highest BCUT2D eigenvalue weighted by atomic mass is 16.1. The van der Waals surface area contributed by atoms with Crippen LogP contribution < -0.4 is 10.9 Å². The van der Waals surface area contributed by atoms with Gasteiger partial charge in [0.2, 0.25) is 0 Å². The van der Waals surface area contributed by atoms with Gasteiger partial charge in [-0.15, -0.1) is 0 Å². The minimum absolute atomic E-state index is 0. The van der Waals surface area contributed by atoms with E-state index in [0.717, 1.165) is 43.4 Å². The average Bonchev–Trinajstić information content (AvgIpc) is 2.63. The number of H-pyrrole nitrogens is 1. The van der Waals surface area contributed by atoms with Crippen molar-refractivity contribution in [1.29, 1.82) is 0 Å². The van der Waals surface area contributed by atoms with Crippen molar-refractivity contribution >= 4 is 22.4 Å². The van der Waals surface area contributed by atoms with Crippen LogP contribution in [0.25, 0.3) is 10.8 Å². The summed E-state index contributed by atoms with van der Waals surface area (Å²) >= 11 is 0. The number of fused-ring (bicyclic) bond motifs is 1. The first-order valence-electron chi connectivity index (χ1n) is 9.62. The van der Waals surface area contributed by atoms with Crippen LogP contribution >= 0.6 is 0 Å². The maximum absolute atomic E-state index is 11.5. The van der Waals surface area contributed by atoms with Crippen LogP contribution in [0.3, 0.4) is 0 Å². The van der Waals surface area contributed by atoms with Crippen LogP contribution in [-0.4, -0.2) is 22.5 Å².